The maximum absolute atomic E-state index is 12.5. The lowest BCUT2D eigenvalue weighted by molar-refractivity contribution is -0.121. The third-order valence-electron chi connectivity index (χ3n) is 5.07. The van der Waals surface area contributed by atoms with Crippen molar-refractivity contribution in [2.45, 2.75) is 19.5 Å². The van der Waals surface area contributed by atoms with Crippen molar-refractivity contribution in [2.24, 2.45) is 0 Å². The molecule has 27 heavy (non-hydrogen) atoms. The summed E-state index contributed by atoms with van der Waals surface area (Å²) in [6.07, 6.45) is 0. The van der Waals surface area contributed by atoms with Gasteiger partial charge in [0.15, 0.2) is 0 Å². The molecule has 2 aromatic carbocycles. The molecular formula is C21H24N4OS. The normalized spacial score (nSPS) is 17.1. The summed E-state index contributed by atoms with van der Waals surface area (Å²) in [7, 11) is 0. The molecule has 0 unspecified atom stereocenters. The van der Waals surface area contributed by atoms with E-state index in [-0.39, 0.29) is 11.9 Å². The fourth-order valence-electron chi connectivity index (χ4n) is 3.42. The van der Waals surface area contributed by atoms with Crippen LogP contribution in [0.5, 0.6) is 0 Å². The number of nitrogens with zero attached hydrogens (tertiary/aromatic N) is 3. The number of nitrogens with one attached hydrogen (secondary N) is 1. The summed E-state index contributed by atoms with van der Waals surface area (Å²) in [6, 6.07) is 17.8. The smallest absolute Gasteiger partial charge is 0.241 e. The van der Waals surface area contributed by atoms with Crippen LogP contribution in [0.4, 0.5) is 5.69 Å². The number of aromatic nitrogens is 1. The maximum atomic E-state index is 12.5. The Hall–Kier alpha value is -2.28. The predicted octanol–water partition coefficient (Wildman–Crippen LogP) is 3.44. The predicted molar refractivity (Wildman–Crippen MR) is 111 cm³/mol. The van der Waals surface area contributed by atoms with Crippen LogP contribution in [0.1, 0.15) is 11.9 Å². The molecule has 0 bridgehead atoms. The molecule has 0 saturated carbocycles. The van der Waals surface area contributed by atoms with Crippen LogP contribution >= 0.6 is 11.3 Å². The number of para-hydroxylation sites is 2. The molecule has 3 aromatic rings. The van der Waals surface area contributed by atoms with Crippen molar-refractivity contribution in [1.29, 1.82) is 0 Å². The fourth-order valence-corrected chi connectivity index (χ4v) is 4.43. The number of hydrogen-bond acceptors (Lipinski definition) is 5. The zero-order valence-electron chi connectivity index (χ0n) is 15.5. The van der Waals surface area contributed by atoms with Gasteiger partial charge in [-0.05, 0) is 31.2 Å². The first kappa shape index (κ1) is 18.1. The Morgan fingerprint density at radius 2 is 1.78 bits per heavy atom. The highest BCUT2D eigenvalue weighted by atomic mass is 32.1. The molecule has 4 rings (SSSR count). The Bertz CT molecular complexity index is 870. The van der Waals surface area contributed by atoms with Crippen molar-refractivity contribution in [2.75, 3.05) is 31.5 Å². The van der Waals surface area contributed by atoms with Crippen LogP contribution in [0.3, 0.4) is 0 Å². The van der Waals surface area contributed by atoms with Crippen molar-refractivity contribution in [3.63, 3.8) is 0 Å². The van der Waals surface area contributed by atoms with Crippen LogP contribution in [-0.4, -0.2) is 52.9 Å². The van der Waals surface area contributed by atoms with E-state index in [4.69, 9.17) is 4.98 Å². The van der Waals surface area contributed by atoms with E-state index < -0.39 is 0 Å². The topological polar surface area (TPSA) is 48.5 Å². The molecule has 1 aromatic heterocycles. The van der Waals surface area contributed by atoms with E-state index in [2.05, 4.69) is 33.3 Å². The first-order chi connectivity index (χ1) is 13.2. The molecule has 1 fully saturated rings. The summed E-state index contributed by atoms with van der Waals surface area (Å²) in [5, 5.41) is 4.17. The highest BCUT2D eigenvalue weighted by Gasteiger charge is 2.26. The summed E-state index contributed by atoms with van der Waals surface area (Å²) in [5.41, 5.74) is 1.94. The van der Waals surface area contributed by atoms with E-state index in [1.807, 2.05) is 43.3 Å². The lowest BCUT2D eigenvalue weighted by Crippen LogP contribution is -2.52. The lowest BCUT2D eigenvalue weighted by Gasteiger charge is -2.37. The van der Waals surface area contributed by atoms with E-state index in [0.29, 0.717) is 0 Å². The summed E-state index contributed by atoms with van der Waals surface area (Å²) in [5.74, 6) is 0.0563. The van der Waals surface area contributed by atoms with Crippen LogP contribution < -0.4 is 5.32 Å². The van der Waals surface area contributed by atoms with Gasteiger partial charge in [-0.2, -0.15) is 0 Å². The molecule has 1 amide bonds. The monoisotopic (exact) mass is 380 g/mol. The Kier molecular flexibility index (Phi) is 5.48. The lowest BCUT2D eigenvalue weighted by atomic mass is 10.2. The second-order valence-electron chi connectivity index (χ2n) is 6.92. The Balaban J connectivity index is 1.29. The van der Waals surface area contributed by atoms with E-state index in [1.54, 1.807) is 11.3 Å². The largest absolute Gasteiger partial charge is 0.325 e. The zero-order chi connectivity index (χ0) is 18.6. The Morgan fingerprint density at radius 3 is 2.52 bits per heavy atom. The van der Waals surface area contributed by atoms with Crippen molar-refractivity contribution >= 4 is 33.1 Å². The van der Waals surface area contributed by atoms with Crippen LogP contribution in [0.2, 0.25) is 0 Å². The van der Waals surface area contributed by atoms with E-state index in [1.165, 1.54) is 9.71 Å². The number of carbonyl (C=O) groups is 1. The van der Waals surface area contributed by atoms with E-state index in [0.717, 1.165) is 43.9 Å². The summed E-state index contributed by atoms with van der Waals surface area (Å²) in [6.45, 7) is 6.58. The van der Waals surface area contributed by atoms with Crippen molar-refractivity contribution in [1.82, 2.24) is 14.8 Å². The van der Waals surface area contributed by atoms with Crippen molar-refractivity contribution < 1.29 is 4.79 Å². The van der Waals surface area contributed by atoms with Gasteiger partial charge < -0.3 is 5.32 Å². The molecular weight excluding hydrogens is 356 g/mol. The van der Waals surface area contributed by atoms with Gasteiger partial charge in [0.2, 0.25) is 5.91 Å². The Morgan fingerprint density at radius 1 is 1.07 bits per heavy atom. The summed E-state index contributed by atoms with van der Waals surface area (Å²) in [4.78, 5) is 21.9. The number of fused-ring (bicyclic) bond motifs is 1. The molecule has 0 spiro atoms. The fraction of sp³-hybridized carbons (Fsp3) is 0.333. The molecule has 1 atom stereocenters. The number of benzene rings is 2. The molecule has 1 N–H and O–H groups in total. The van der Waals surface area contributed by atoms with Gasteiger partial charge in [0, 0.05) is 31.9 Å². The molecule has 0 radical (unpaired) electrons. The quantitative estimate of drug-likeness (QED) is 0.737. The first-order valence-electron chi connectivity index (χ1n) is 9.36. The maximum Gasteiger partial charge on any atom is 0.241 e. The second-order valence-corrected chi connectivity index (χ2v) is 8.03. The van der Waals surface area contributed by atoms with Gasteiger partial charge in [-0.3, -0.25) is 14.6 Å². The van der Waals surface area contributed by atoms with Gasteiger partial charge in [-0.25, -0.2) is 4.98 Å². The number of rotatable bonds is 5. The third-order valence-corrected chi connectivity index (χ3v) is 6.09. The van der Waals surface area contributed by atoms with Gasteiger partial charge in [0.25, 0.3) is 0 Å². The second kappa shape index (κ2) is 8.17. The molecule has 1 aliphatic heterocycles. The summed E-state index contributed by atoms with van der Waals surface area (Å²) < 4.78 is 1.25. The number of anilines is 1. The van der Waals surface area contributed by atoms with Gasteiger partial charge >= 0.3 is 0 Å². The minimum Gasteiger partial charge on any atom is -0.325 e. The minimum atomic E-state index is -0.130. The molecule has 2 heterocycles. The van der Waals surface area contributed by atoms with Crippen LogP contribution in [0.25, 0.3) is 10.2 Å². The van der Waals surface area contributed by atoms with Gasteiger partial charge in [-0.15, -0.1) is 11.3 Å². The van der Waals surface area contributed by atoms with E-state index in [9.17, 15) is 4.79 Å². The average Bonchev–Trinajstić information content (AvgIpc) is 3.11. The molecule has 1 saturated heterocycles. The first-order valence-corrected chi connectivity index (χ1v) is 10.2. The SMILES string of the molecule is C[C@@H](C(=O)Nc1ccccc1)N1CCN(Cc2nc3ccccc3s2)CC1. The average molecular weight is 381 g/mol. The highest BCUT2D eigenvalue weighted by molar-refractivity contribution is 7.18. The molecule has 140 valence electrons. The van der Waals surface area contributed by atoms with Crippen LogP contribution in [0, 0.1) is 0 Å². The van der Waals surface area contributed by atoms with Gasteiger partial charge in [-0.1, -0.05) is 30.3 Å². The van der Waals surface area contributed by atoms with Crippen LogP contribution in [0.15, 0.2) is 54.6 Å². The molecule has 0 aliphatic carbocycles. The standard InChI is InChI=1S/C21H24N4OS/c1-16(21(26)22-17-7-3-2-4-8-17)25-13-11-24(12-14-25)15-20-23-18-9-5-6-10-19(18)27-20/h2-10,16H,11-15H2,1H3,(H,22,26)/t16-/m0/s1. The summed E-state index contributed by atoms with van der Waals surface area (Å²) >= 11 is 1.77. The third kappa shape index (κ3) is 4.35. The number of carbonyl (C=O) groups excluding carboxylic acids is 1. The molecule has 5 nitrogen and oxygen atoms in total. The zero-order valence-corrected chi connectivity index (χ0v) is 16.3. The number of amides is 1. The van der Waals surface area contributed by atoms with Gasteiger partial charge in [0.1, 0.15) is 5.01 Å². The Labute approximate surface area is 163 Å². The number of piperazine rings is 1. The van der Waals surface area contributed by atoms with Crippen molar-refractivity contribution in [3.8, 4) is 0 Å². The van der Waals surface area contributed by atoms with E-state index >= 15 is 0 Å². The van der Waals surface area contributed by atoms with Crippen molar-refractivity contribution in [3.05, 3.63) is 59.6 Å². The van der Waals surface area contributed by atoms with Gasteiger partial charge in [0.05, 0.1) is 22.8 Å². The molecule has 6 heteroatoms. The molecule has 1 aliphatic rings. The number of hydrogen-bond donors (Lipinski definition) is 1. The highest BCUT2D eigenvalue weighted by Crippen LogP contribution is 2.23. The number of thiazole rings is 1. The minimum absolute atomic E-state index is 0.0563. The van der Waals surface area contributed by atoms with Crippen LogP contribution in [-0.2, 0) is 11.3 Å².